The summed E-state index contributed by atoms with van der Waals surface area (Å²) in [5, 5.41) is 0. The number of para-hydroxylation sites is 1. The standard InChI is InChI=1S/C21H19NO6/c1-26-13-9-7-12(8-10-13)15-11-17-22(19(23)18(15)21(25)27-2)16-6-4-3-5-14(16)20(24)28-17/h3-10,15,17-18H,11H2,1-2H3/t15-,17+,18-/m1/s1. The first-order valence-electron chi connectivity index (χ1n) is 8.90. The molecule has 0 bridgehead atoms. The highest BCUT2D eigenvalue weighted by Gasteiger charge is 2.51. The average molecular weight is 381 g/mol. The Morgan fingerprint density at radius 1 is 1.07 bits per heavy atom. The SMILES string of the molecule is COC(=O)[C@H]1C(=O)N2c3ccccc3C(=O)O[C@H]2C[C@@H]1c1ccc(OC)cc1. The minimum atomic E-state index is -1.03. The van der Waals surface area contributed by atoms with E-state index in [0.29, 0.717) is 17.0 Å². The molecular formula is C21H19NO6. The maximum Gasteiger partial charge on any atom is 0.342 e. The minimum Gasteiger partial charge on any atom is -0.497 e. The van der Waals surface area contributed by atoms with Crippen LogP contribution in [0, 0.1) is 5.92 Å². The zero-order valence-corrected chi connectivity index (χ0v) is 15.5. The first-order valence-corrected chi connectivity index (χ1v) is 8.90. The van der Waals surface area contributed by atoms with Crippen LogP contribution in [0.2, 0.25) is 0 Å². The number of fused-ring (bicyclic) bond motifs is 3. The lowest BCUT2D eigenvalue weighted by Crippen LogP contribution is -2.57. The molecule has 2 aliphatic rings. The van der Waals surface area contributed by atoms with Crippen LogP contribution < -0.4 is 9.64 Å². The van der Waals surface area contributed by atoms with Gasteiger partial charge in [-0.2, -0.15) is 0 Å². The van der Waals surface area contributed by atoms with Crippen molar-refractivity contribution < 1.29 is 28.6 Å². The van der Waals surface area contributed by atoms with E-state index in [-0.39, 0.29) is 6.42 Å². The molecule has 7 nitrogen and oxygen atoms in total. The van der Waals surface area contributed by atoms with Crippen molar-refractivity contribution in [3.63, 3.8) is 0 Å². The van der Waals surface area contributed by atoms with E-state index in [2.05, 4.69) is 0 Å². The van der Waals surface area contributed by atoms with E-state index in [1.165, 1.54) is 12.0 Å². The van der Waals surface area contributed by atoms with Gasteiger partial charge in [0.15, 0.2) is 6.23 Å². The average Bonchev–Trinajstić information content (AvgIpc) is 2.73. The van der Waals surface area contributed by atoms with Gasteiger partial charge in [0.2, 0.25) is 5.91 Å². The molecule has 1 saturated heterocycles. The van der Waals surface area contributed by atoms with Crippen LogP contribution in [0.1, 0.15) is 28.3 Å². The van der Waals surface area contributed by atoms with Crippen LogP contribution in [0.5, 0.6) is 5.75 Å². The number of nitrogens with zero attached hydrogens (tertiary/aromatic N) is 1. The van der Waals surface area contributed by atoms with Gasteiger partial charge in [-0.05, 0) is 29.8 Å². The van der Waals surface area contributed by atoms with Gasteiger partial charge in [0.05, 0.1) is 25.5 Å². The van der Waals surface area contributed by atoms with Crippen molar-refractivity contribution in [2.75, 3.05) is 19.1 Å². The molecule has 0 saturated carbocycles. The maximum absolute atomic E-state index is 13.3. The van der Waals surface area contributed by atoms with Crippen LogP contribution in [0.25, 0.3) is 0 Å². The van der Waals surface area contributed by atoms with Crippen LogP contribution in [0.15, 0.2) is 48.5 Å². The first kappa shape index (κ1) is 18.0. The third kappa shape index (κ3) is 2.79. The monoisotopic (exact) mass is 381 g/mol. The molecule has 28 heavy (non-hydrogen) atoms. The van der Waals surface area contributed by atoms with Crippen LogP contribution in [-0.4, -0.2) is 38.3 Å². The summed E-state index contributed by atoms with van der Waals surface area (Å²) in [6, 6.07) is 13.9. The number of esters is 2. The van der Waals surface area contributed by atoms with E-state index in [0.717, 1.165) is 5.56 Å². The number of benzene rings is 2. The fourth-order valence-electron chi connectivity index (χ4n) is 3.91. The summed E-state index contributed by atoms with van der Waals surface area (Å²) in [7, 11) is 2.82. The van der Waals surface area contributed by atoms with E-state index in [1.54, 1.807) is 55.6 Å². The van der Waals surface area contributed by atoms with Gasteiger partial charge in [-0.1, -0.05) is 24.3 Å². The summed E-state index contributed by atoms with van der Waals surface area (Å²) < 4.78 is 15.6. The second-order valence-electron chi connectivity index (χ2n) is 6.70. The Balaban J connectivity index is 1.77. The quantitative estimate of drug-likeness (QED) is 0.600. The molecule has 0 spiro atoms. The Labute approximate surface area is 161 Å². The zero-order chi connectivity index (χ0) is 19.8. The predicted octanol–water partition coefficient (Wildman–Crippen LogP) is 2.50. The Morgan fingerprint density at radius 3 is 2.46 bits per heavy atom. The molecule has 2 aliphatic heterocycles. The lowest BCUT2D eigenvalue weighted by molar-refractivity contribution is -0.153. The summed E-state index contributed by atoms with van der Waals surface area (Å²) >= 11 is 0. The number of carbonyl (C=O) groups excluding carboxylic acids is 3. The van der Waals surface area contributed by atoms with Gasteiger partial charge in [0.25, 0.3) is 0 Å². The number of hydrogen-bond acceptors (Lipinski definition) is 6. The molecule has 0 N–H and O–H groups in total. The Bertz CT molecular complexity index is 938. The smallest absolute Gasteiger partial charge is 0.342 e. The zero-order valence-electron chi connectivity index (χ0n) is 15.5. The molecule has 2 aromatic rings. The summed E-state index contributed by atoms with van der Waals surface area (Å²) in [4.78, 5) is 39.7. The molecule has 1 fully saturated rings. The topological polar surface area (TPSA) is 82.1 Å². The molecule has 0 aliphatic carbocycles. The molecule has 144 valence electrons. The highest BCUT2D eigenvalue weighted by Crippen LogP contribution is 2.43. The van der Waals surface area contributed by atoms with Gasteiger partial charge in [-0.25, -0.2) is 4.79 Å². The summed E-state index contributed by atoms with van der Waals surface area (Å²) in [5.74, 6) is -2.37. The Kier molecular flexibility index (Phi) is 4.50. The van der Waals surface area contributed by atoms with Crippen molar-refractivity contribution in [1.82, 2.24) is 0 Å². The number of piperidine rings is 1. The van der Waals surface area contributed by atoms with Crippen LogP contribution >= 0.6 is 0 Å². The van der Waals surface area contributed by atoms with Crippen molar-refractivity contribution in [3.8, 4) is 5.75 Å². The van der Waals surface area contributed by atoms with Gasteiger partial charge in [0, 0.05) is 12.3 Å². The third-order valence-electron chi connectivity index (χ3n) is 5.28. The summed E-state index contributed by atoms with van der Waals surface area (Å²) in [5.41, 5.74) is 1.54. The molecule has 0 unspecified atom stereocenters. The number of ether oxygens (including phenoxy) is 3. The Morgan fingerprint density at radius 2 is 1.79 bits per heavy atom. The minimum absolute atomic E-state index is 0.290. The molecule has 1 amide bonds. The second kappa shape index (κ2) is 6.99. The van der Waals surface area contributed by atoms with E-state index in [9.17, 15) is 14.4 Å². The number of anilines is 1. The van der Waals surface area contributed by atoms with Gasteiger partial charge in [-0.15, -0.1) is 0 Å². The highest BCUT2D eigenvalue weighted by molar-refractivity contribution is 6.12. The van der Waals surface area contributed by atoms with Gasteiger partial charge < -0.3 is 14.2 Å². The lowest BCUT2D eigenvalue weighted by Gasteiger charge is -2.44. The molecule has 4 rings (SSSR count). The van der Waals surface area contributed by atoms with E-state index in [1.807, 2.05) is 0 Å². The number of hydrogen-bond donors (Lipinski definition) is 0. The maximum atomic E-state index is 13.3. The predicted molar refractivity (Wildman–Crippen MR) is 99.0 cm³/mol. The second-order valence-corrected chi connectivity index (χ2v) is 6.70. The molecule has 2 aromatic carbocycles. The van der Waals surface area contributed by atoms with Crippen LogP contribution in [0.3, 0.4) is 0 Å². The van der Waals surface area contributed by atoms with Gasteiger partial charge >= 0.3 is 11.9 Å². The Hall–Kier alpha value is -3.35. The molecule has 3 atom stereocenters. The summed E-state index contributed by atoms with van der Waals surface area (Å²) in [6.07, 6.45) is -0.485. The fourth-order valence-corrected chi connectivity index (χ4v) is 3.91. The van der Waals surface area contributed by atoms with Crippen LogP contribution in [0.4, 0.5) is 5.69 Å². The van der Waals surface area contributed by atoms with E-state index < -0.39 is 35.9 Å². The van der Waals surface area contributed by atoms with Crippen LogP contribution in [-0.2, 0) is 19.1 Å². The summed E-state index contributed by atoms with van der Waals surface area (Å²) in [6.45, 7) is 0. The number of amides is 1. The number of methoxy groups -OCH3 is 2. The largest absolute Gasteiger partial charge is 0.497 e. The lowest BCUT2D eigenvalue weighted by atomic mass is 9.78. The third-order valence-corrected chi connectivity index (χ3v) is 5.28. The molecule has 2 heterocycles. The molecule has 0 aromatic heterocycles. The van der Waals surface area contributed by atoms with Gasteiger partial charge in [-0.3, -0.25) is 14.5 Å². The van der Waals surface area contributed by atoms with Crippen molar-refractivity contribution in [2.24, 2.45) is 5.92 Å². The fraction of sp³-hybridized carbons (Fsp3) is 0.286. The normalized spacial score (nSPS) is 23.4. The van der Waals surface area contributed by atoms with Crippen molar-refractivity contribution in [1.29, 1.82) is 0 Å². The van der Waals surface area contributed by atoms with E-state index >= 15 is 0 Å². The van der Waals surface area contributed by atoms with E-state index in [4.69, 9.17) is 14.2 Å². The number of carbonyl (C=O) groups is 3. The molecular weight excluding hydrogens is 362 g/mol. The highest BCUT2D eigenvalue weighted by atomic mass is 16.6. The molecule has 7 heteroatoms. The van der Waals surface area contributed by atoms with Crippen molar-refractivity contribution in [3.05, 3.63) is 59.7 Å². The van der Waals surface area contributed by atoms with Crippen molar-refractivity contribution >= 4 is 23.5 Å². The molecule has 0 radical (unpaired) electrons. The first-order chi connectivity index (χ1) is 13.5. The van der Waals surface area contributed by atoms with Gasteiger partial charge in [0.1, 0.15) is 11.7 Å². The number of rotatable bonds is 3. The van der Waals surface area contributed by atoms with Crippen molar-refractivity contribution in [2.45, 2.75) is 18.6 Å².